The van der Waals surface area contributed by atoms with Crippen LogP contribution in [0.3, 0.4) is 0 Å². The summed E-state index contributed by atoms with van der Waals surface area (Å²) in [4.78, 5) is 15.1. The lowest BCUT2D eigenvalue weighted by Crippen LogP contribution is -2.03. The lowest BCUT2D eigenvalue weighted by Gasteiger charge is -2.05. The van der Waals surface area contributed by atoms with Crippen LogP contribution in [0.2, 0.25) is 0 Å². The molecule has 1 aromatic carbocycles. The quantitative estimate of drug-likeness (QED) is 0.878. The van der Waals surface area contributed by atoms with E-state index in [1.807, 2.05) is 24.3 Å². The fourth-order valence-corrected chi connectivity index (χ4v) is 2.28. The van der Waals surface area contributed by atoms with Crippen LogP contribution in [0.1, 0.15) is 27.9 Å². The minimum atomic E-state index is -1.03. The van der Waals surface area contributed by atoms with Gasteiger partial charge in [0.25, 0.3) is 0 Å². The summed E-state index contributed by atoms with van der Waals surface area (Å²) in [6.45, 7) is 2.17. The highest BCUT2D eigenvalue weighted by Crippen LogP contribution is 2.22. The highest BCUT2D eigenvalue weighted by atomic mass is 32.1. The van der Waals surface area contributed by atoms with Crippen LogP contribution in [0.25, 0.3) is 0 Å². The number of aromatic nitrogens is 1. The highest BCUT2D eigenvalue weighted by Gasteiger charge is 2.16. The predicted molar refractivity (Wildman–Crippen MR) is 73.6 cm³/mol. The number of carboxylic acids is 1. The van der Waals surface area contributed by atoms with Gasteiger partial charge in [0.1, 0.15) is 22.9 Å². The van der Waals surface area contributed by atoms with Gasteiger partial charge < -0.3 is 15.6 Å². The molecule has 0 amide bonds. The summed E-state index contributed by atoms with van der Waals surface area (Å²) >= 11 is 0.951. The Bertz CT molecular complexity index is 578. The molecule has 5 nitrogen and oxygen atoms in total. The number of thiazole rings is 1. The van der Waals surface area contributed by atoms with E-state index in [1.54, 1.807) is 0 Å². The molecule has 0 atom stereocenters. The Labute approximate surface area is 114 Å². The number of nitrogens with two attached hydrogens (primary N) is 1. The molecule has 0 saturated carbocycles. The lowest BCUT2D eigenvalue weighted by molar-refractivity contribution is 0.0699. The zero-order valence-electron chi connectivity index (χ0n) is 10.4. The first-order valence-electron chi connectivity index (χ1n) is 5.80. The van der Waals surface area contributed by atoms with Gasteiger partial charge in [0.05, 0.1) is 0 Å². The molecule has 0 aliphatic heterocycles. The normalized spacial score (nSPS) is 10.4. The Balaban J connectivity index is 2.07. The second kappa shape index (κ2) is 5.71. The van der Waals surface area contributed by atoms with Gasteiger partial charge in [-0.1, -0.05) is 30.4 Å². The van der Waals surface area contributed by atoms with Crippen molar-refractivity contribution in [3.63, 3.8) is 0 Å². The third-order valence-corrected chi connectivity index (χ3v) is 3.53. The van der Waals surface area contributed by atoms with Crippen LogP contribution in [0.4, 0.5) is 5.13 Å². The topological polar surface area (TPSA) is 85.4 Å². The molecule has 0 aliphatic carbocycles. The van der Waals surface area contributed by atoms with Crippen molar-refractivity contribution in [2.45, 2.75) is 20.0 Å². The largest absolute Gasteiger partial charge is 0.487 e. The van der Waals surface area contributed by atoms with Crippen LogP contribution >= 0.6 is 11.3 Å². The highest BCUT2D eigenvalue weighted by molar-refractivity contribution is 7.17. The Morgan fingerprint density at radius 1 is 1.42 bits per heavy atom. The fourth-order valence-electron chi connectivity index (χ4n) is 1.61. The van der Waals surface area contributed by atoms with Crippen molar-refractivity contribution in [3.05, 3.63) is 40.4 Å². The van der Waals surface area contributed by atoms with Gasteiger partial charge in [-0.3, -0.25) is 0 Å². The number of anilines is 1. The molecule has 1 aromatic heterocycles. The third kappa shape index (κ3) is 3.23. The van der Waals surface area contributed by atoms with Crippen LogP contribution in [-0.4, -0.2) is 16.1 Å². The van der Waals surface area contributed by atoms with Crippen LogP contribution in [0, 0.1) is 0 Å². The summed E-state index contributed by atoms with van der Waals surface area (Å²) in [6, 6.07) is 7.66. The second-order valence-electron chi connectivity index (χ2n) is 3.92. The minimum Gasteiger partial charge on any atom is -0.487 e. The van der Waals surface area contributed by atoms with Crippen molar-refractivity contribution in [3.8, 4) is 5.75 Å². The molecule has 0 aliphatic rings. The first-order chi connectivity index (χ1) is 9.10. The van der Waals surface area contributed by atoms with E-state index in [9.17, 15) is 4.79 Å². The van der Waals surface area contributed by atoms with Gasteiger partial charge in [-0.15, -0.1) is 0 Å². The van der Waals surface area contributed by atoms with Crippen molar-refractivity contribution >= 4 is 22.4 Å². The Morgan fingerprint density at radius 3 is 2.68 bits per heavy atom. The van der Waals surface area contributed by atoms with E-state index in [1.165, 1.54) is 5.56 Å². The number of aryl methyl sites for hydroxylation is 1. The fraction of sp³-hybridized carbons (Fsp3) is 0.231. The van der Waals surface area contributed by atoms with Gasteiger partial charge in [0.15, 0.2) is 5.13 Å². The number of rotatable bonds is 5. The average Bonchev–Trinajstić information content (AvgIpc) is 2.78. The van der Waals surface area contributed by atoms with E-state index < -0.39 is 5.97 Å². The van der Waals surface area contributed by atoms with Gasteiger partial charge >= 0.3 is 5.97 Å². The van der Waals surface area contributed by atoms with Crippen molar-refractivity contribution in [1.29, 1.82) is 0 Å². The van der Waals surface area contributed by atoms with Crippen LogP contribution in [0.5, 0.6) is 5.75 Å². The molecule has 6 heteroatoms. The van der Waals surface area contributed by atoms with E-state index in [-0.39, 0.29) is 16.6 Å². The molecule has 1 heterocycles. The molecule has 0 bridgehead atoms. The SMILES string of the molecule is CCc1ccc(OCc2nc(N)sc2C(=O)O)cc1. The summed E-state index contributed by atoms with van der Waals surface area (Å²) in [5.74, 6) is -0.353. The molecule has 0 radical (unpaired) electrons. The predicted octanol–water partition coefficient (Wildman–Crippen LogP) is 2.56. The summed E-state index contributed by atoms with van der Waals surface area (Å²) in [5, 5.41) is 9.24. The maximum atomic E-state index is 11.0. The maximum Gasteiger partial charge on any atom is 0.348 e. The van der Waals surface area contributed by atoms with E-state index in [0.29, 0.717) is 11.4 Å². The Morgan fingerprint density at radius 2 is 2.11 bits per heavy atom. The smallest absolute Gasteiger partial charge is 0.348 e. The molecular formula is C13H14N2O3S. The number of carbonyl (C=O) groups is 1. The van der Waals surface area contributed by atoms with Crippen molar-refractivity contribution in [2.75, 3.05) is 5.73 Å². The maximum absolute atomic E-state index is 11.0. The Hall–Kier alpha value is -2.08. The van der Waals surface area contributed by atoms with Crippen LogP contribution in [-0.2, 0) is 13.0 Å². The van der Waals surface area contributed by atoms with E-state index in [0.717, 1.165) is 17.8 Å². The van der Waals surface area contributed by atoms with Gasteiger partial charge in [-0.05, 0) is 24.1 Å². The average molecular weight is 278 g/mol. The summed E-state index contributed by atoms with van der Waals surface area (Å²) in [6.07, 6.45) is 0.964. The number of nitrogen functional groups attached to an aromatic ring is 1. The second-order valence-corrected chi connectivity index (χ2v) is 4.95. The van der Waals surface area contributed by atoms with Gasteiger partial charge in [0.2, 0.25) is 0 Å². The summed E-state index contributed by atoms with van der Waals surface area (Å²) in [5.41, 5.74) is 7.09. The van der Waals surface area contributed by atoms with Crippen molar-refractivity contribution in [2.24, 2.45) is 0 Å². The molecule has 0 spiro atoms. The summed E-state index contributed by atoms with van der Waals surface area (Å²) in [7, 11) is 0. The number of ether oxygens (including phenoxy) is 1. The molecule has 19 heavy (non-hydrogen) atoms. The van der Waals surface area contributed by atoms with Gasteiger partial charge in [-0.25, -0.2) is 9.78 Å². The van der Waals surface area contributed by atoms with Gasteiger partial charge in [-0.2, -0.15) is 0 Å². The molecule has 0 unspecified atom stereocenters. The zero-order chi connectivity index (χ0) is 13.8. The standard InChI is InChI=1S/C13H14N2O3S/c1-2-8-3-5-9(6-4-8)18-7-10-11(12(16)17)19-13(14)15-10/h3-6H,2,7H2,1H3,(H2,14,15)(H,16,17). The number of aromatic carboxylic acids is 1. The van der Waals surface area contributed by atoms with Crippen molar-refractivity contribution in [1.82, 2.24) is 4.98 Å². The molecule has 0 saturated heterocycles. The molecule has 100 valence electrons. The first-order valence-corrected chi connectivity index (χ1v) is 6.62. The van der Waals surface area contributed by atoms with Gasteiger partial charge in [0, 0.05) is 0 Å². The molecule has 2 rings (SSSR count). The molecule has 2 aromatic rings. The first kappa shape index (κ1) is 13.4. The Kier molecular flexibility index (Phi) is 4.01. The number of hydrogen-bond acceptors (Lipinski definition) is 5. The van der Waals surface area contributed by atoms with E-state index in [2.05, 4.69) is 11.9 Å². The van der Waals surface area contributed by atoms with E-state index in [4.69, 9.17) is 15.6 Å². The molecule has 0 fully saturated rings. The zero-order valence-corrected chi connectivity index (χ0v) is 11.2. The van der Waals surface area contributed by atoms with Crippen molar-refractivity contribution < 1.29 is 14.6 Å². The van der Waals surface area contributed by atoms with Crippen LogP contribution in [0.15, 0.2) is 24.3 Å². The number of benzene rings is 1. The number of nitrogens with zero attached hydrogens (tertiary/aromatic N) is 1. The summed E-state index contributed by atoms with van der Waals surface area (Å²) < 4.78 is 5.52. The third-order valence-electron chi connectivity index (χ3n) is 2.62. The van der Waals surface area contributed by atoms with E-state index >= 15 is 0 Å². The number of hydrogen-bond donors (Lipinski definition) is 2. The molecular weight excluding hydrogens is 264 g/mol. The lowest BCUT2D eigenvalue weighted by atomic mass is 10.2. The minimum absolute atomic E-state index is 0.0980. The molecule has 3 N–H and O–H groups in total. The monoisotopic (exact) mass is 278 g/mol. The number of carboxylic acid groups (broad SMARTS) is 1. The van der Waals surface area contributed by atoms with Crippen LogP contribution < -0.4 is 10.5 Å².